The summed E-state index contributed by atoms with van der Waals surface area (Å²) < 4.78 is 11.3. The van der Waals surface area contributed by atoms with Crippen molar-refractivity contribution in [1.82, 2.24) is 9.97 Å². The quantitative estimate of drug-likeness (QED) is 0.549. The van der Waals surface area contributed by atoms with Gasteiger partial charge < -0.3 is 14.6 Å². The molecule has 0 fully saturated rings. The molecule has 1 N–H and O–H groups in total. The molecule has 5 nitrogen and oxygen atoms in total. The highest BCUT2D eigenvalue weighted by atomic mass is 16.5. The lowest BCUT2D eigenvalue weighted by molar-refractivity contribution is 0.374. The smallest absolute Gasteiger partial charge is 0.230 e. The molecule has 0 radical (unpaired) electrons. The number of nitrogens with zero attached hydrogens (tertiary/aromatic N) is 2. The van der Waals surface area contributed by atoms with Crippen molar-refractivity contribution in [1.29, 1.82) is 0 Å². The van der Waals surface area contributed by atoms with E-state index in [4.69, 9.17) is 9.47 Å². The average molecular weight is 358 g/mol. The normalized spacial score (nSPS) is 10.7. The minimum absolute atomic E-state index is 0.00266. The Morgan fingerprint density at radius 2 is 1.56 bits per heavy atom. The van der Waals surface area contributed by atoms with Gasteiger partial charge in [-0.2, -0.15) is 4.98 Å². The van der Waals surface area contributed by atoms with Crippen LogP contribution in [-0.2, 0) is 0 Å². The third kappa shape index (κ3) is 3.15. The van der Waals surface area contributed by atoms with Crippen LogP contribution >= 0.6 is 0 Å². The summed E-state index contributed by atoms with van der Waals surface area (Å²) in [5.74, 6) is 1.89. The topological polar surface area (TPSA) is 64.5 Å². The van der Waals surface area contributed by atoms with Crippen LogP contribution < -0.4 is 9.47 Å². The maximum absolute atomic E-state index is 10.5. The molecule has 134 valence electrons. The molecule has 0 saturated carbocycles. The third-order valence-corrected chi connectivity index (χ3v) is 4.33. The van der Waals surface area contributed by atoms with Gasteiger partial charge in [-0.05, 0) is 42.8 Å². The van der Waals surface area contributed by atoms with Crippen molar-refractivity contribution in [2.75, 3.05) is 7.11 Å². The van der Waals surface area contributed by atoms with Gasteiger partial charge in [0.05, 0.1) is 23.6 Å². The Morgan fingerprint density at radius 1 is 0.815 bits per heavy atom. The van der Waals surface area contributed by atoms with Crippen LogP contribution in [0.3, 0.4) is 0 Å². The average Bonchev–Trinajstić information content (AvgIpc) is 2.70. The molecule has 0 aliphatic rings. The third-order valence-electron chi connectivity index (χ3n) is 4.33. The fourth-order valence-electron chi connectivity index (χ4n) is 2.89. The van der Waals surface area contributed by atoms with E-state index in [-0.39, 0.29) is 5.75 Å². The van der Waals surface area contributed by atoms with Gasteiger partial charge in [0, 0.05) is 0 Å². The summed E-state index contributed by atoms with van der Waals surface area (Å²) in [7, 11) is 1.51. The van der Waals surface area contributed by atoms with Crippen LogP contribution in [0.25, 0.3) is 22.3 Å². The van der Waals surface area contributed by atoms with E-state index in [1.807, 2.05) is 55.5 Å². The molecule has 4 rings (SSSR count). The summed E-state index contributed by atoms with van der Waals surface area (Å²) in [6.07, 6.45) is 0. The number of phenolic OH excluding ortho intramolecular Hbond substituents is 1. The first-order chi connectivity index (χ1) is 13.2. The minimum atomic E-state index is -0.00266. The van der Waals surface area contributed by atoms with E-state index in [9.17, 15) is 5.11 Å². The van der Waals surface area contributed by atoms with E-state index >= 15 is 0 Å². The van der Waals surface area contributed by atoms with Crippen molar-refractivity contribution in [2.24, 2.45) is 0 Å². The molecule has 5 heteroatoms. The lowest BCUT2D eigenvalue weighted by Gasteiger charge is -2.13. The molecule has 3 aromatic carbocycles. The number of methoxy groups -OCH3 is 1. The molecule has 0 spiro atoms. The highest BCUT2D eigenvalue weighted by molar-refractivity contribution is 5.86. The lowest BCUT2D eigenvalue weighted by Crippen LogP contribution is -1.97. The lowest BCUT2D eigenvalue weighted by atomic mass is 10.1. The minimum Gasteiger partial charge on any atom is -0.504 e. The Morgan fingerprint density at radius 3 is 2.37 bits per heavy atom. The Bertz CT molecular complexity index is 1130. The van der Waals surface area contributed by atoms with E-state index in [0.29, 0.717) is 23.0 Å². The summed E-state index contributed by atoms with van der Waals surface area (Å²) in [5, 5.41) is 11.3. The number of aryl methyl sites for hydroxylation is 1. The number of phenols is 1. The van der Waals surface area contributed by atoms with Crippen molar-refractivity contribution >= 4 is 10.9 Å². The first kappa shape index (κ1) is 16.8. The number of benzene rings is 3. The van der Waals surface area contributed by atoms with Crippen LogP contribution in [0, 0.1) is 6.92 Å². The standard InChI is InChI=1S/C22H18N2O3/c1-14-8-3-6-12-18(14)27-22-15-9-4-5-11-17(15)23-21(24-22)16-10-7-13-19(26-2)20(16)25/h3-13,25H,1-2H3. The van der Waals surface area contributed by atoms with E-state index in [1.165, 1.54) is 7.11 Å². The van der Waals surface area contributed by atoms with Gasteiger partial charge in [-0.15, -0.1) is 0 Å². The summed E-state index contributed by atoms with van der Waals surface area (Å²) in [6.45, 7) is 1.98. The van der Waals surface area contributed by atoms with Crippen molar-refractivity contribution in [3.05, 3.63) is 72.3 Å². The zero-order valence-electron chi connectivity index (χ0n) is 15.0. The maximum atomic E-state index is 10.5. The van der Waals surface area contributed by atoms with E-state index in [2.05, 4.69) is 9.97 Å². The SMILES string of the molecule is COc1cccc(-c2nc(Oc3ccccc3C)c3ccccc3n2)c1O. The fourth-order valence-corrected chi connectivity index (χ4v) is 2.89. The zero-order valence-corrected chi connectivity index (χ0v) is 15.0. The van der Waals surface area contributed by atoms with Gasteiger partial charge in [0.1, 0.15) is 5.75 Å². The zero-order chi connectivity index (χ0) is 18.8. The van der Waals surface area contributed by atoms with Crippen molar-refractivity contribution < 1.29 is 14.6 Å². The van der Waals surface area contributed by atoms with Gasteiger partial charge in [-0.25, -0.2) is 4.98 Å². The summed E-state index contributed by atoms with van der Waals surface area (Å²) >= 11 is 0. The van der Waals surface area contributed by atoms with Crippen LogP contribution in [0.5, 0.6) is 23.1 Å². The number of hydrogen-bond acceptors (Lipinski definition) is 5. The van der Waals surface area contributed by atoms with Gasteiger partial charge in [0.15, 0.2) is 17.3 Å². The Labute approximate surface area is 156 Å². The number of hydrogen-bond donors (Lipinski definition) is 1. The number of rotatable bonds is 4. The predicted octanol–water partition coefficient (Wildman–Crippen LogP) is 5.11. The van der Waals surface area contributed by atoms with Crippen LogP contribution in [0.1, 0.15) is 5.56 Å². The summed E-state index contributed by atoms with van der Waals surface area (Å²) in [4.78, 5) is 9.19. The van der Waals surface area contributed by atoms with E-state index in [0.717, 1.165) is 22.2 Å². The Hall–Kier alpha value is -3.60. The van der Waals surface area contributed by atoms with Crippen LogP contribution in [0.15, 0.2) is 66.7 Å². The molecule has 4 aromatic rings. The monoisotopic (exact) mass is 358 g/mol. The largest absolute Gasteiger partial charge is 0.504 e. The van der Waals surface area contributed by atoms with Crippen molar-refractivity contribution in [3.8, 4) is 34.5 Å². The molecule has 0 aliphatic heterocycles. The highest BCUT2D eigenvalue weighted by Gasteiger charge is 2.16. The number of aromatic hydroxyl groups is 1. The van der Waals surface area contributed by atoms with Gasteiger partial charge in [-0.1, -0.05) is 36.4 Å². The van der Waals surface area contributed by atoms with Crippen LogP contribution in [0.2, 0.25) is 0 Å². The molecule has 27 heavy (non-hydrogen) atoms. The predicted molar refractivity (Wildman–Crippen MR) is 104 cm³/mol. The van der Waals surface area contributed by atoms with Crippen LogP contribution in [0.4, 0.5) is 0 Å². The fraction of sp³-hybridized carbons (Fsp3) is 0.0909. The molecule has 0 saturated heterocycles. The van der Waals surface area contributed by atoms with Gasteiger partial charge in [0.25, 0.3) is 0 Å². The molecule has 1 aromatic heterocycles. The highest BCUT2D eigenvalue weighted by Crippen LogP contribution is 2.38. The van der Waals surface area contributed by atoms with Gasteiger partial charge in [0.2, 0.25) is 5.88 Å². The number of fused-ring (bicyclic) bond motifs is 1. The molecular weight excluding hydrogens is 340 g/mol. The molecular formula is C22H18N2O3. The second kappa shape index (κ2) is 6.96. The van der Waals surface area contributed by atoms with Crippen molar-refractivity contribution in [2.45, 2.75) is 6.92 Å². The summed E-state index contributed by atoms with van der Waals surface area (Å²) in [5.41, 5.74) is 2.22. The maximum Gasteiger partial charge on any atom is 0.230 e. The second-order valence-corrected chi connectivity index (χ2v) is 6.09. The molecule has 0 bridgehead atoms. The van der Waals surface area contributed by atoms with Crippen LogP contribution in [-0.4, -0.2) is 22.2 Å². The molecule has 0 atom stereocenters. The van der Waals surface area contributed by atoms with Crippen molar-refractivity contribution in [3.63, 3.8) is 0 Å². The van der Waals surface area contributed by atoms with E-state index < -0.39 is 0 Å². The summed E-state index contributed by atoms with van der Waals surface area (Å²) in [6, 6.07) is 20.6. The molecule has 0 unspecified atom stereocenters. The molecule has 0 amide bonds. The van der Waals surface area contributed by atoms with E-state index in [1.54, 1.807) is 18.2 Å². The first-order valence-electron chi connectivity index (χ1n) is 8.54. The first-order valence-corrected chi connectivity index (χ1v) is 8.54. The molecule has 0 aliphatic carbocycles. The Kier molecular flexibility index (Phi) is 4.34. The van der Waals surface area contributed by atoms with Gasteiger partial charge >= 0.3 is 0 Å². The van der Waals surface area contributed by atoms with Gasteiger partial charge in [-0.3, -0.25) is 0 Å². The second-order valence-electron chi connectivity index (χ2n) is 6.09. The number of aromatic nitrogens is 2. The number of ether oxygens (including phenoxy) is 2. The molecule has 1 heterocycles. The number of para-hydroxylation sites is 3. The Balaban J connectivity index is 1.90.